The first-order valence-electron chi connectivity index (χ1n) is 8.39. The van der Waals surface area contributed by atoms with Crippen molar-refractivity contribution in [3.8, 4) is 0 Å². The largest absolute Gasteiger partial charge is 0.357 e. The molecular formula is C16H29IN6O. The number of amides is 1. The number of aromatic nitrogens is 2. The standard InChI is InChI=1S/C16H28N6O.HI/c1-4-18-16(19-7-10-21-9-6-17-12-21)20-14-5-8-22(11-14)15(23)13(2)3;/h6,9,12-14H,4-5,7-8,10-11H2,1-3H3,(H2,18,19,20);1H. The molecule has 1 amide bonds. The minimum Gasteiger partial charge on any atom is -0.357 e. The molecule has 1 aliphatic heterocycles. The van der Waals surface area contributed by atoms with Crippen molar-refractivity contribution in [2.75, 3.05) is 26.2 Å². The van der Waals surface area contributed by atoms with E-state index < -0.39 is 0 Å². The molecule has 1 atom stereocenters. The summed E-state index contributed by atoms with van der Waals surface area (Å²) in [7, 11) is 0. The Labute approximate surface area is 161 Å². The number of nitrogens with one attached hydrogen (secondary N) is 2. The molecule has 2 rings (SSSR count). The molecule has 0 spiro atoms. The fourth-order valence-corrected chi connectivity index (χ4v) is 2.65. The van der Waals surface area contributed by atoms with Crippen LogP contribution in [0.5, 0.6) is 0 Å². The van der Waals surface area contributed by atoms with Gasteiger partial charge in [-0.2, -0.15) is 0 Å². The van der Waals surface area contributed by atoms with Crippen molar-refractivity contribution in [3.63, 3.8) is 0 Å². The Hall–Kier alpha value is -1.32. The van der Waals surface area contributed by atoms with E-state index in [1.54, 1.807) is 12.5 Å². The molecule has 0 aromatic carbocycles. The lowest BCUT2D eigenvalue weighted by molar-refractivity contribution is -0.133. The molecule has 1 unspecified atom stereocenters. The van der Waals surface area contributed by atoms with Gasteiger partial charge in [-0.05, 0) is 13.3 Å². The minimum absolute atomic E-state index is 0. The number of carbonyl (C=O) groups excluding carboxylic acids is 1. The molecule has 0 aliphatic carbocycles. The summed E-state index contributed by atoms with van der Waals surface area (Å²) in [6.07, 6.45) is 6.46. The molecule has 7 nitrogen and oxygen atoms in total. The summed E-state index contributed by atoms with van der Waals surface area (Å²) in [6, 6.07) is 0.267. The summed E-state index contributed by atoms with van der Waals surface area (Å²) in [6.45, 7) is 9.84. The van der Waals surface area contributed by atoms with Crippen molar-refractivity contribution < 1.29 is 4.79 Å². The van der Waals surface area contributed by atoms with Crippen LogP contribution in [0.25, 0.3) is 0 Å². The number of carbonyl (C=O) groups is 1. The van der Waals surface area contributed by atoms with E-state index in [1.165, 1.54) is 0 Å². The Bertz CT molecular complexity index is 517. The maximum Gasteiger partial charge on any atom is 0.225 e. The van der Waals surface area contributed by atoms with Crippen LogP contribution >= 0.6 is 24.0 Å². The average molecular weight is 448 g/mol. The topological polar surface area (TPSA) is 74.6 Å². The van der Waals surface area contributed by atoms with Gasteiger partial charge in [-0.25, -0.2) is 4.98 Å². The van der Waals surface area contributed by atoms with Crippen LogP contribution in [0.3, 0.4) is 0 Å². The number of halogens is 1. The molecule has 136 valence electrons. The van der Waals surface area contributed by atoms with Crippen molar-refractivity contribution in [1.29, 1.82) is 0 Å². The Morgan fingerprint density at radius 3 is 2.88 bits per heavy atom. The van der Waals surface area contributed by atoms with Gasteiger partial charge in [0.2, 0.25) is 5.91 Å². The summed E-state index contributed by atoms with van der Waals surface area (Å²) in [5.74, 6) is 1.11. The number of nitrogens with zero attached hydrogens (tertiary/aromatic N) is 4. The van der Waals surface area contributed by atoms with Crippen LogP contribution in [-0.4, -0.2) is 58.5 Å². The SMILES string of the molecule is CCNC(=NCCn1ccnc1)NC1CCN(C(=O)C(C)C)C1.I. The highest BCUT2D eigenvalue weighted by Crippen LogP contribution is 2.12. The van der Waals surface area contributed by atoms with Crippen molar-refractivity contribution in [3.05, 3.63) is 18.7 Å². The molecule has 0 bridgehead atoms. The van der Waals surface area contributed by atoms with Crippen LogP contribution in [0.15, 0.2) is 23.7 Å². The van der Waals surface area contributed by atoms with Crippen LogP contribution < -0.4 is 10.6 Å². The van der Waals surface area contributed by atoms with Crippen molar-refractivity contribution in [2.45, 2.75) is 39.8 Å². The monoisotopic (exact) mass is 448 g/mol. The first-order chi connectivity index (χ1) is 11.1. The van der Waals surface area contributed by atoms with Gasteiger partial charge in [0.15, 0.2) is 5.96 Å². The summed E-state index contributed by atoms with van der Waals surface area (Å²) < 4.78 is 2.01. The van der Waals surface area contributed by atoms with E-state index in [0.29, 0.717) is 6.54 Å². The van der Waals surface area contributed by atoms with E-state index in [1.807, 2.05) is 29.5 Å². The molecule has 2 heterocycles. The van der Waals surface area contributed by atoms with Crippen LogP contribution in [0.2, 0.25) is 0 Å². The Kier molecular flexibility index (Phi) is 9.09. The molecular weight excluding hydrogens is 419 g/mol. The van der Waals surface area contributed by atoms with Gasteiger partial charge < -0.3 is 20.1 Å². The highest BCUT2D eigenvalue weighted by Gasteiger charge is 2.27. The number of hydrogen-bond donors (Lipinski definition) is 2. The quantitative estimate of drug-likeness (QED) is 0.391. The number of guanidine groups is 1. The van der Waals surface area contributed by atoms with E-state index in [0.717, 1.165) is 38.6 Å². The fourth-order valence-electron chi connectivity index (χ4n) is 2.65. The third-order valence-corrected chi connectivity index (χ3v) is 3.87. The number of likely N-dealkylation sites (tertiary alicyclic amines) is 1. The summed E-state index contributed by atoms with van der Waals surface area (Å²) in [4.78, 5) is 22.6. The number of imidazole rings is 1. The van der Waals surface area contributed by atoms with E-state index in [4.69, 9.17) is 0 Å². The smallest absolute Gasteiger partial charge is 0.225 e. The fraction of sp³-hybridized carbons (Fsp3) is 0.688. The molecule has 2 N–H and O–H groups in total. The Morgan fingerprint density at radius 1 is 1.46 bits per heavy atom. The van der Waals surface area contributed by atoms with Crippen LogP contribution in [0, 0.1) is 5.92 Å². The van der Waals surface area contributed by atoms with E-state index in [2.05, 4.69) is 27.5 Å². The zero-order chi connectivity index (χ0) is 16.7. The molecule has 0 saturated carbocycles. The van der Waals surface area contributed by atoms with E-state index in [9.17, 15) is 4.79 Å². The number of rotatable bonds is 6. The zero-order valence-corrected chi connectivity index (χ0v) is 17.1. The number of hydrogen-bond acceptors (Lipinski definition) is 3. The molecule has 1 aromatic rings. The summed E-state index contributed by atoms with van der Waals surface area (Å²) >= 11 is 0. The normalized spacial score (nSPS) is 17.8. The molecule has 1 fully saturated rings. The lowest BCUT2D eigenvalue weighted by Crippen LogP contribution is -2.45. The summed E-state index contributed by atoms with van der Waals surface area (Å²) in [5.41, 5.74) is 0. The van der Waals surface area contributed by atoms with E-state index in [-0.39, 0.29) is 41.8 Å². The second-order valence-corrected chi connectivity index (χ2v) is 6.13. The van der Waals surface area contributed by atoms with Gasteiger partial charge in [-0.3, -0.25) is 9.79 Å². The maximum absolute atomic E-state index is 12.0. The molecule has 24 heavy (non-hydrogen) atoms. The molecule has 1 aromatic heterocycles. The van der Waals surface area contributed by atoms with E-state index >= 15 is 0 Å². The van der Waals surface area contributed by atoms with Gasteiger partial charge in [0.05, 0.1) is 12.9 Å². The van der Waals surface area contributed by atoms with Gasteiger partial charge in [-0.1, -0.05) is 13.8 Å². The van der Waals surface area contributed by atoms with Crippen molar-refractivity contribution in [1.82, 2.24) is 25.1 Å². The van der Waals surface area contributed by atoms with Crippen LogP contribution in [0.4, 0.5) is 0 Å². The predicted octanol–water partition coefficient (Wildman–Crippen LogP) is 1.31. The molecule has 0 radical (unpaired) electrons. The Morgan fingerprint density at radius 2 is 2.25 bits per heavy atom. The predicted molar refractivity (Wildman–Crippen MR) is 107 cm³/mol. The highest BCUT2D eigenvalue weighted by molar-refractivity contribution is 14.0. The van der Waals surface area contributed by atoms with Gasteiger partial charge in [0, 0.05) is 50.5 Å². The van der Waals surface area contributed by atoms with Crippen molar-refractivity contribution in [2.24, 2.45) is 10.9 Å². The second kappa shape index (κ2) is 10.5. The zero-order valence-electron chi connectivity index (χ0n) is 14.7. The molecule has 8 heteroatoms. The van der Waals surface area contributed by atoms with Crippen molar-refractivity contribution >= 4 is 35.8 Å². The maximum atomic E-state index is 12.0. The van der Waals surface area contributed by atoms with Crippen LogP contribution in [0.1, 0.15) is 27.2 Å². The second-order valence-electron chi connectivity index (χ2n) is 6.13. The van der Waals surface area contributed by atoms with Gasteiger partial charge in [0.1, 0.15) is 0 Å². The molecule has 1 saturated heterocycles. The molecule has 1 aliphatic rings. The van der Waals surface area contributed by atoms with Crippen LogP contribution in [-0.2, 0) is 11.3 Å². The third kappa shape index (κ3) is 6.29. The lowest BCUT2D eigenvalue weighted by Gasteiger charge is -2.20. The first kappa shape index (κ1) is 20.7. The van der Waals surface area contributed by atoms with Gasteiger partial charge in [0.25, 0.3) is 0 Å². The summed E-state index contributed by atoms with van der Waals surface area (Å²) in [5, 5.41) is 6.71. The first-order valence-corrected chi connectivity index (χ1v) is 8.39. The van der Waals surface area contributed by atoms with Gasteiger partial charge in [-0.15, -0.1) is 24.0 Å². The minimum atomic E-state index is 0. The lowest BCUT2D eigenvalue weighted by atomic mass is 10.2. The average Bonchev–Trinajstić information content (AvgIpc) is 3.18. The van der Waals surface area contributed by atoms with Gasteiger partial charge >= 0.3 is 0 Å². The Balaban J connectivity index is 0.00000288. The highest BCUT2D eigenvalue weighted by atomic mass is 127. The number of aliphatic imine (C=N–C) groups is 1. The third-order valence-electron chi connectivity index (χ3n) is 3.87.